The first-order valence-corrected chi connectivity index (χ1v) is 7.43. The van der Waals surface area contributed by atoms with E-state index in [-0.39, 0.29) is 28.6 Å². The van der Waals surface area contributed by atoms with E-state index in [2.05, 4.69) is 10.6 Å². The summed E-state index contributed by atoms with van der Waals surface area (Å²) in [7, 11) is 0. The van der Waals surface area contributed by atoms with Gasteiger partial charge in [0.2, 0.25) is 5.91 Å². The molecule has 0 heterocycles. The number of hydrogen-bond acceptors (Lipinski definition) is 3. The lowest BCUT2D eigenvalue weighted by Gasteiger charge is -2.13. The Morgan fingerprint density at radius 3 is 1.88 bits per heavy atom. The lowest BCUT2D eigenvalue weighted by molar-refractivity contribution is -0.118. The van der Waals surface area contributed by atoms with Crippen LogP contribution in [0.4, 0.5) is 11.4 Å². The summed E-state index contributed by atoms with van der Waals surface area (Å²) in [6.45, 7) is 3.50. The molecule has 0 aliphatic heterocycles. The molecule has 0 unspecified atom stereocenters. The second-order valence-electron chi connectivity index (χ2n) is 5.49. The summed E-state index contributed by atoms with van der Waals surface area (Å²) in [5.41, 5.74) is 0.822. The van der Waals surface area contributed by atoms with E-state index in [4.69, 9.17) is 0 Å². The fraction of sp³-hybridized carbons (Fsp3) is 0.167. The van der Waals surface area contributed by atoms with Crippen molar-refractivity contribution in [2.24, 2.45) is 5.92 Å². The maximum absolute atomic E-state index is 12.5. The van der Waals surface area contributed by atoms with Crippen LogP contribution in [0.2, 0.25) is 0 Å². The van der Waals surface area contributed by atoms with Gasteiger partial charge in [-0.3, -0.25) is 9.59 Å². The number of aromatic carboxylic acids is 1. The predicted molar refractivity (Wildman–Crippen MR) is 91.3 cm³/mol. The molecule has 0 atom stereocenters. The minimum Gasteiger partial charge on any atom is -0.478 e. The van der Waals surface area contributed by atoms with Crippen molar-refractivity contribution in [1.82, 2.24) is 0 Å². The van der Waals surface area contributed by atoms with E-state index in [0.29, 0.717) is 5.69 Å². The highest BCUT2D eigenvalue weighted by Gasteiger charge is 2.17. The largest absolute Gasteiger partial charge is 0.478 e. The van der Waals surface area contributed by atoms with Gasteiger partial charge in [0, 0.05) is 5.92 Å². The third-order valence-corrected chi connectivity index (χ3v) is 3.36. The van der Waals surface area contributed by atoms with Gasteiger partial charge in [0.1, 0.15) is 0 Å². The summed E-state index contributed by atoms with van der Waals surface area (Å²) in [4.78, 5) is 35.6. The summed E-state index contributed by atoms with van der Waals surface area (Å²) in [6, 6.07) is 12.7. The molecule has 6 nitrogen and oxygen atoms in total. The van der Waals surface area contributed by atoms with E-state index >= 15 is 0 Å². The summed E-state index contributed by atoms with van der Waals surface area (Å²) in [5.74, 6) is -2.06. The van der Waals surface area contributed by atoms with Crippen LogP contribution in [-0.4, -0.2) is 22.9 Å². The minimum absolute atomic E-state index is 0.00505. The molecule has 24 heavy (non-hydrogen) atoms. The normalized spacial score (nSPS) is 10.3. The molecular weight excluding hydrogens is 308 g/mol. The van der Waals surface area contributed by atoms with E-state index in [1.54, 1.807) is 50.2 Å². The van der Waals surface area contributed by atoms with E-state index in [1.807, 2.05) is 0 Å². The van der Waals surface area contributed by atoms with E-state index in [0.717, 1.165) is 0 Å². The maximum atomic E-state index is 12.5. The monoisotopic (exact) mass is 326 g/mol. The highest BCUT2D eigenvalue weighted by atomic mass is 16.4. The van der Waals surface area contributed by atoms with Crippen molar-refractivity contribution >= 4 is 29.2 Å². The number of carboxylic acid groups (broad SMARTS) is 1. The second kappa shape index (κ2) is 7.41. The van der Waals surface area contributed by atoms with Gasteiger partial charge in [0.25, 0.3) is 5.91 Å². The molecule has 3 N–H and O–H groups in total. The number of carboxylic acids is 1. The Labute approximate surface area is 139 Å². The van der Waals surface area contributed by atoms with Crippen LogP contribution in [0.15, 0.2) is 48.5 Å². The molecule has 2 rings (SSSR count). The number of benzene rings is 2. The molecule has 0 saturated carbocycles. The molecule has 0 radical (unpaired) electrons. The zero-order chi connectivity index (χ0) is 17.7. The van der Waals surface area contributed by atoms with Crippen molar-refractivity contribution in [3.8, 4) is 0 Å². The van der Waals surface area contributed by atoms with Crippen LogP contribution < -0.4 is 10.6 Å². The van der Waals surface area contributed by atoms with Crippen molar-refractivity contribution < 1.29 is 19.5 Å². The third kappa shape index (κ3) is 3.98. The lowest BCUT2D eigenvalue weighted by atomic mass is 10.1. The molecule has 0 spiro atoms. The second-order valence-corrected chi connectivity index (χ2v) is 5.49. The quantitative estimate of drug-likeness (QED) is 0.786. The minimum atomic E-state index is -1.13. The number of para-hydroxylation sites is 2. The SMILES string of the molecule is CC(C)C(=O)Nc1ccccc1C(=O)Nc1ccccc1C(=O)O. The van der Waals surface area contributed by atoms with E-state index < -0.39 is 11.9 Å². The summed E-state index contributed by atoms with van der Waals surface area (Å²) < 4.78 is 0. The fourth-order valence-corrected chi connectivity index (χ4v) is 2.04. The molecule has 0 aliphatic carbocycles. The van der Waals surface area contributed by atoms with Gasteiger partial charge in [-0.05, 0) is 24.3 Å². The number of rotatable bonds is 5. The van der Waals surface area contributed by atoms with E-state index in [9.17, 15) is 19.5 Å². The molecule has 0 aromatic heterocycles. The Bertz CT molecular complexity index is 784. The molecule has 0 fully saturated rings. The lowest BCUT2D eigenvalue weighted by Crippen LogP contribution is -2.21. The average Bonchev–Trinajstić information content (AvgIpc) is 2.55. The molecule has 2 amide bonds. The van der Waals surface area contributed by atoms with Crippen LogP contribution >= 0.6 is 0 Å². The number of anilines is 2. The average molecular weight is 326 g/mol. The standard InChI is InChI=1S/C18H18N2O4/c1-11(2)16(21)19-14-9-5-3-7-12(14)17(22)20-15-10-6-4-8-13(15)18(23)24/h3-11H,1-2H3,(H,19,21)(H,20,22)(H,23,24). The van der Waals surface area contributed by atoms with Crippen molar-refractivity contribution in [3.05, 3.63) is 59.7 Å². The zero-order valence-corrected chi connectivity index (χ0v) is 13.4. The van der Waals surface area contributed by atoms with Gasteiger partial charge in [-0.15, -0.1) is 0 Å². The van der Waals surface area contributed by atoms with Crippen molar-refractivity contribution in [1.29, 1.82) is 0 Å². The van der Waals surface area contributed by atoms with Gasteiger partial charge in [-0.2, -0.15) is 0 Å². The molecule has 2 aromatic rings. The van der Waals surface area contributed by atoms with Crippen LogP contribution in [-0.2, 0) is 4.79 Å². The summed E-state index contributed by atoms with van der Waals surface area (Å²) in [5, 5.41) is 14.5. The van der Waals surface area contributed by atoms with Gasteiger partial charge < -0.3 is 15.7 Å². The smallest absolute Gasteiger partial charge is 0.337 e. The van der Waals surface area contributed by atoms with Crippen LogP contribution in [0.25, 0.3) is 0 Å². The van der Waals surface area contributed by atoms with Crippen molar-refractivity contribution in [2.75, 3.05) is 10.6 Å². The number of hydrogen-bond donors (Lipinski definition) is 3. The fourth-order valence-electron chi connectivity index (χ4n) is 2.04. The molecular formula is C18H18N2O4. The molecule has 2 aromatic carbocycles. The van der Waals surface area contributed by atoms with Gasteiger partial charge in [0.05, 0.1) is 22.5 Å². The first kappa shape index (κ1) is 17.2. The van der Waals surface area contributed by atoms with Crippen LogP contribution in [0.5, 0.6) is 0 Å². The van der Waals surface area contributed by atoms with Crippen LogP contribution in [0, 0.1) is 5.92 Å². The zero-order valence-electron chi connectivity index (χ0n) is 13.4. The number of carbonyl (C=O) groups is 3. The van der Waals surface area contributed by atoms with Crippen molar-refractivity contribution in [3.63, 3.8) is 0 Å². The topological polar surface area (TPSA) is 95.5 Å². The highest BCUT2D eigenvalue weighted by molar-refractivity contribution is 6.12. The Kier molecular flexibility index (Phi) is 5.31. The molecule has 124 valence electrons. The predicted octanol–water partition coefficient (Wildman–Crippen LogP) is 3.23. The van der Waals surface area contributed by atoms with Crippen LogP contribution in [0.3, 0.4) is 0 Å². The Balaban J connectivity index is 2.28. The highest BCUT2D eigenvalue weighted by Crippen LogP contribution is 2.20. The Morgan fingerprint density at radius 2 is 1.33 bits per heavy atom. The molecule has 0 aliphatic rings. The maximum Gasteiger partial charge on any atom is 0.337 e. The molecule has 6 heteroatoms. The van der Waals surface area contributed by atoms with Crippen LogP contribution in [0.1, 0.15) is 34.6 Å². The van der Waals surface area contributed by atoms with Gasteiger partial charge in [-0.25, -0.2) is 4.79 Å². The molecule has 0 saturated heterocycles. The van der Waals surface area contributed by atoms with Gasteiger partial charge >= 0.3 is 5.97 Å². The number of carbonyl (C=O) groups excluding carboxylic acids is 2. The first-order valence-electron chi connectivity index (χ1n) is 7.43. The van der Waals surface area contributed by atoms with Gasteiger partial charge in [0.15, 0.2) is 0 Å². The third-order valence-electron chi connectivity index (χ3n) is 3.36. The molecule has 0 bridgehead atoms. The first-order chi connectivity index (χ1) is 11.4. The van der Waals surface area contributed by atoms with Gasteiger partial charge in [-0.1, -0.05) is 38.1 Å². The van der Waals surface area contributed by atoms with Crippen molar-refractivity contribution in [2.45, 2.75) is 13.8 Å². The van der Waals surface area contributed by atoms with E-state index in [1.165, 1.54) is 12.1 Å². The Hall–Kier alpha value is -3.15. The Morgan fingerprint density at radius 1 is 0.833 bits per heavy atom. The summed E-state index contributed by atoms with van der Waals surface area (Å²) in [6.07, 6.45) is 0. The number of amides is 2. The summed E-state index contributed by atoms with van der Waals surface area (Å²) >= 11 is 0. The number of nitrogens with one attached hydrogen (secondary N) is 2.